The smallest absolute Gasteiger partial charge is 0.288 e. The first-order valence-corrected chi connectivity index (χ1v) is 7.84. The van der Waals surface area contributed by atoms with E-state index in [2.05, 4.69) is 19.1 Å². The maximum atomic E-state index is 10.1. The molecule has 23 heavy (non-hydrogen) atoms. The number of para-hydroxylation sites is 1. The summed E-state index contributed by atoms with van der Waals surface area (Å²) in [5.74, 6) is 0.829. The number of nitrogens with zero attached hydrogens (tertiary/aromatic N) is 1. The molecular weight excluding hydrogens is 310 g/mol. The number of methoxy groups -OCH3 is 1. The standard InChI is InChI=1S/C18H21NO3S/c1-4-14-9-10-17(13(2)11-14)22-12-15-7-5-6-8-16(15)19(20)18(23)21-3/h5-11,20H,4,12H2,1-3H3. The second kappa shape index (κ2) is 7.94. The molecule has 0 aliphatic rings. The molecule has 0 heterocycles. The van der Waals surface area contributed by atoms with Gasteiger partial charge in [0.1, 0.15) is 12.4 Å². The topological polar surface area (TPSA) is 41.9 Å². The molecule has 0 aliphatic heterocycles. The van der Waals surface area contributed by atoms with E-state index in [4.69, 9.17) is 21.7 Å². The number of ether oxygens (including phenoxy) is 2. The highest BCUT2D eigenvalue weighted by Gasteiger charge is 2.14. The molecule has 0 saturated heterocycles. The van der Waals surface area contributed by atoms with Gasteiger partial charge in [0, 0.05) is 5.56 Å². The van der Waals surface area contributed by atoms with Crippen molar-refractivity contribution in [1.29, 1.82) is 0 Å². The third kappa shape index (κ3) is 4.21. The van der Waals surface area contributed by atoms with Crippen LogP contribution in [0.25, 0.3) is 0 Å². The van der Waals surface area contributed by atoms with Crippen molar-refractivity contribution < 1.29 is 14.7 Å². The third-order valence-corrected chi connectivity index (χ3v) is 3.94. The zero-order chi connectivity index (χ0) is 16.8. The Morgan fingerprint density at radius 3 is 2.61 bits per heavy atom. The second-order valence-corrected chi connectivity index (χ2v) is 5.50. The van der Waals surface area contributed by atoms with Crippen LogP contribution in [0.15, 0.2) is 42.5 Å². The summed E-state index contributed by atoms with van der Waals surface area (Å²) in [6.45, 7) is 4.48. The second-order valence-electron chi connectivity index (χ2n) is 5.15. The molecule has 1 N–H and O–H groups in total. The van der Waals surface area contributed by atoms with Gasteiger partial charge >= 0.3 is 0 Å². The molecule has 2 aromatic rings. The summed E-state index contributed by atoms with van der Waals surface area (Å²) in [5.41, 5.74) is 3.73. The third-order valence-electron chi connectivity index (χ3n) is 3.60. The van der Waals surface area contributed by atoms with Crippen molar-refractivity contribution in [1.82, 2.24) is 0 Å². The van der Waals surface area contributed by atoms with Gasteiger partial charge in [-0.25, -0.2) is 0 Å². The van der Waals surface area contributed by atoms with Gasteiger partial charge in [-0.15, -0.1) is 0 Å². The van der Waals surface area contributed by atoms with Crippen LogP contribution in [-0.2, 0) is 17.8 Å². The molecule has 0 aliphatic carbocycles. The van der Waals surface area contributed by atoms with Crippen LogP contribution in [0.1, 0.15) is 23.6 Å². The first-order valence-electron chi connectivity index (χ1n) is 7.44. The van der Waals surface area contributed by atoms with Crippen LogP contribution >= 0.6 is 12.2 Å². The minimum absolute atomic E-state index is 0.0130. The van der Waals surface area contributed by atoms with Crippen LogP contribution in [0.5, 0.6) is 5.75 Å². The van der Waals surface area contributed by atoms with Crippen molar-refractivity contribution in [3.8, 4) is 5.75 Å². The van der Waals surface area contributed by atoms with E-state index in [-0.39, 0.29) is 5.17 Å². The molecule has 122 valence electrons. The maximum absolute atomic E-state index is 10.1. The molecule has 0 fully saturated rings. The average molecular weight is 331 g/mol. The van der Waals surface area contributed by atoms with E-state index in [1.54, 1.807) is 6.07 Å². The highest BCUT2D eigenvalue weighted by molar-refractivity contribution is 7.80. The van der Waals surface area contributed by atoms with Gasteiger partial charge in [-0.05, 0) is 48.8 Å². The Morgan fingerprint density at radius 1 is 1.22 bits per heavy atom. The Morgan fingerprint density at radius 2 is 1.96 bits per heavy atom. The summed E-state index contributed by atoms with van der Waals surface area (Å²) in [4.78, 5) is 0. The molecule has 0 aromatic heterocycles. The van der Waals surface area contributed by atoms with Crippen molar-refractivity contribution in [3.05, 3.63) is 59.2 Å². The lowest BCUT2D eigenvalue weighted by molar-refractivity contribution is 0.264. The number of hydroxylamine groups is 1. The van der Waals surface area contributed by atoms with Gasteiger partial charge in [0.05, 0.1) is 12.8 Å². The van der Waals surface area contributed by atoms with Gasteiger partial charge in [0.25, 0.3) is 5.17 Å². The van der Waals surface area contributed by atoms with Crippen LogP contribution in [0, 0.1) is 6.92 Å². The van der Waals surface area contributed by atoms with Gasteiger partial charge in [0.15, 0.2) is 0 Å². The summed E-state index contributed by atoms with van der Waals surface area (Å²) in [7, 11) is 1.42. The Kier molecular flexibility index (Phi) is 5.96. The van der Waals surface area contributed by atoms with Crippen molar-refractivity contribution >= 4 is 23.1 Å². The number of thiocarbonyl (C=S) groups is 1. The maximum Gasteiger partial charge on any atom is 0.288 e. The van der Waals surface area contributed by atoms with Crippen LogP contribution < -0.4 is 9.80 Å². The first kappa shape index (κ1) is 17.2. The Labute approximate surface area is 142 Å². The number of hydrogen-bond donors (Lipinski definition) is 1. The minimum atomic E-state index is -0.0130. The molecule has 5 heteroatoms. The van der Waals surface area contributed by atoms with Crippen LogP contribution in [0.4, 0.5) is 5.69 Å². The minimum Gasteiger partial charge on any atom is -0.489 e. The molecule has 0 bridgehead atoms. The molecule has 0 spiro atoms. The fourth-order valence-corrected chi connectivity index (χ4v) is 2.37. The monoisotopic (exact) mass is 331 g/mol. The Hall–Kier alpha value is -2.11. The van der Waals surface area contributed by atoms with Crippen LogP contribution in [0.3, 0.4) is 0 Å². The molecule has 0 atom stereocenters. The van der Waals surface area contributed by atoms with E-state index in [1.807, 2.05) is 31.2 Å². The van der Waals surface area contributed by atoms with E-state index in [9.17, 15) is 5.21 Å². The molecule has 4 nitrogen and oxygen atoms in total. The van der Waals surface area contributed by atoms with Crippen molar-refractivity contribution in [2.45, 2.75) is 26.9 Å². The predicted molar refractivity (Wildman–Crippen MR) is 95.2 cm³/mol. The summed E-state index contributed by atoms with van der Waals surface area (Å²) in [5, 5.41) is 10.9. The van der Waals surface area contributed by atoms with E-state index in [1.165, 1.54) is 12.7 Å². The molecule has 0 amide bonds. The van der Waals surface area contributed by atoms with Crippen molar-refractivity contribution in [3.63, 3.8) is 0 Å². The summed E-state index contributed by atoms with van der Waals surface area (Å²) < 4.78 is 10.8. The van der Waals surface area contributed by atoms with Gasteiger partial charge < -0.3 is 9.47 Å². The fourth-order valence-electron chi connectivity index (χ4n) is 2.27. The van der Waals surface area contributed by atoms with Gasteiger partial charge in [0.2, 0.25) is 0 Å². The number of benzene rings is 2. The highest BCUT2D eigenvalue weighted by atomic mass is 32.1. The van der Waals surface area contributed by atoms with Crippen molar-refractivity contribution in [2.75, 3.05) is 12.2 Å². The lowest BCUT2D eigenvalue weighted by Crippen LogP contribution is -2.27. The van der Waals surface area contributed by atoms with Gasteiger partial charge in [-0.2, -0.15) is 5.06 Å². The highest BCUT2D eigenvalue weighted by Crippen LogP contribution is 2.24. The Balaban J connectivity index is 2.16. The van der Waals surface area contributed by atoms with E-state index >= 15 is 0 Å². The number of anilines is 1. The quantitative estimate of drug-likeness (QED) is 0.655. The van der Waals surface area contributed by atoms with Gasteiger partial charge in [-0.1, -0.05) is 37.3 Å². The predicted octanol–water partition coefficient (Wildman–Crippen LogP) is 4.26. The normalized spacial score (nSPS) is 10.3. The van der Waals surface area contributed by atoms with Crippen LogP contribution in [0.2, 0.25) is 0 Å². The molecule has 0 radical (unpaired) electrons. The zero-order valence-electron chi connectivity index (χ0n) is 13.6. The fraction of sp³-hybridized carbons (Fsp3) is 0.278. The van der Waals surface area contributed by atoms with Crippen LogP contribution in [-0.4, -0.2) is 17.5 Å². The van der Waals surface area contributed by atoms with E-state index in [0.717, 1.165) is 28.4 Å². The Bertz CT molecular complexity index is 688. The summed E-state index contributed by atoms with van der Waals surface area (Å²) in [6, 6.07) is 13.5. The zero-order valence-corrected chi connectivity index (χ0v) is 14.4. The summed E-state index contributed by atoms with van der Waals surface area (Å²) in [6.07, 6.45) is 0.998. The van der Waals surface area contributed by atoms with E-state index < -0.39 is 0 Å². The largest absolute Gasteiger partial charge is 0.489 e. The van der Waals surface area contributed by atoms with Crippen molar-refractivity contribution in [2.24, 2.45) is 0 Å². The lowest BCUT2D eigenvalue weighted by atomic mass is 10.1. The average Bonchev–Trinajstić information content (AvgIpc) is 2.59. The number of hydrogen-bond acceptors (Lipinski definition) is 4. The number of rotatable bonds is 5. The number of aryl methyl sites for hydroxylation is 2. The summed E-state index contributed by atoms with van der Waals surface area (Å²) >= 11 is 4.96. The lowest BCUT2D eigenvalue weighted by Gasteiger charge is -2.20. The molecule has 2 aromatic carbocycles. The molecular formula is C18H21NO3S. The molecule has 2 rings (SSSR count). The molecule has 0 saturated carbocycles. The van der Waals surface area contributed by atoms with E-state index in [0.29, 0.717) is 12.3 Å². The first-order chi connectivity index (χ1) is 11.1. The van der Waals surface area contributed by atoms with Gasteiger partial charge in [-0.3, -0.25) is 5.21 Å². The SMILES string of the molecule is CCc1ccc(OCc2ccccc2N(O)C(=S)OC)c(C)c1. The molecule has 0 unspecified atom stereocenters.